The molecule has 0 aliphatic rings. The Morgan fingerprint density at radius 1 is 0.850 bits per heavy atom. The van der Waals surface area contributed by atoms with Crippen molar-refractivity contribution >= 4 is 21.7 Å². The van der Waals surface area contributed by atoms with E-state index in [4.69, 9.17) is 19.9 Å². The van der Waals surface area contributed by atoms with Crippen LogP contribution in [-0.4, -0.2) is 38.5 Å². The number of aromatic nitrogens is 2. The Morgan fingerprint density at radius 3 is 2.02 bits per heavy atom. The average molecular weight is 563 g/mol. The number of carbonyl (C=O) groups is 1. The molecule has 2 aromatic heterocycles. The molecule has 0 saturated heterocycles. The van der Waals surface area contributed by atoms with Crippen LogP contribution in [0.5, 0.6) is 23.1 Å². The van der Waals surface area contributed by atoms with E-state index in [1.807, 2.05) is 56.7 Å². The number of benzene rings is 2. The van der Waals surface area contributed by atoms with Crippen LogP contribution in [0.1, 0.15) is 32.6 Å². The van der Waals surface area contributed by atoms with Crippen molar-refractivity contribution in [2.24, 2.45) is 0 Å². The minimum Gasteiger partial charge on any atom is -0.496 e. The van der Waals surface area contributed by atoms with Gasteiger partial charge in [-0.25, -0.2) is 14.7 Å². The first-order valence-electron chi connectivity index (χ1n) is 12.2. The first-order chi connectivity index (χ1) is 18.9. The largest absolute Gasteiger partial charge is 0.496 e. The molecule has 0 radical (unpaired) electrons. The smallest absolute Gasteiger partial charge is 0.281 e. The van der Waals surface area contributed by atoms with E-state index in [0.29, 0.717) is 28.5 Å². The SMILES string of the molecule is COc1cc(C)cc(OC)c1-c1ccc(C(=O)NS(=O)(=O)c2cccc(N)n2)c(Oc2c(C)cc(C)cc2C)n1. The lowest BCUT2D eigenvalue weighted by Gasteiger charge is -2.18. The summed E-state index contributed by atoms with van der Waals surface area (Å²) in [5.41, 5.74) is 10.0. The predicted molar refractivity (Wildman–Crippen MR) is 152 cm³/mol. The lowest BCUT2D eigenvalue weighted by atomic mass is 10.0. The van der Waals surface area contributed by atoms with Crippen LogP contribution in [0.3, 0.4) is 0 Å². The molecule has 0 saturated carbocycles. The Kier molecular flexibility index (Phi) is 7.96. The molecular formula is C29H30N4O6S. The molecule has 0 unspecified atom stereocenters. The summed E-state index contributed by atoms with van der Waals surface area (Å²) in [5.74, 6) is 0.439. The van der Waals surface area contributed by atoms with E-state index in [-0.39, 0.29) is 17.3 Å². The van der Waals surface area contributed by atoms with Gasteiger partial charge in [0.2, 0.25) is 5.88 Å². The van der Waals surface area contributed by atoms with E-state index >= 15 is 0 Å². The van der Waals surface area contributed by atoms with Gasteiger partial charge in [-0.05, 0) is 80.8 Å². The summed E-state index contributed by atoms with van der Waals surface area (Å²) >= 11 is 0. The fraction of sp³-hybridized carbons (Fsp3) is 0.207. The van der Waals surface area contributed by atoms with Crippen molar-refractivity contribution in [2.45, 2.75) is 32.7 Å². The number of anilines is 1. The summed E-state index contributed by atoms with van der Waals surface area (Å²) in [7, 11) is -1.28. The third kappa shape index (κ3) is 5.84. The van der Waals surface area contributed by atoms with Gasteiger partial charge in [-0.2, -0.15) is 8.42 Å². The summed E-state index contributed by atoms with van der Waals surface area (Å²) in [5, 5.41) is -0.396. The van der Waals surface area contributed by atoms with Gasteiger partial charge in [0.1, 0.15) is 28.6 Å². The number of pyridine rings is 2. The van der Waals surface area contributed by atoms with Crippen molar-refractivity contribution in [3.8, 4) is 34.4 Å². The fourth-order valence-corrected chi connectivity index (χ4v) is 5.30. The zero-order chi connectivity index (χ0) is 29.2. The minimum atomic E-state index is -4.34. The van der Waals surface area contributed by atoms with E-state index in [2.05, 4.69) is 9.97 Å². The zero-order valence-corrected chi connectivity index (χ0v) is 23.8. The van der Waals surface area contributed by atoms with Crippen molar-refractivity contribution < 1.29 is 27.4 Å². The summed E-state index contributed by atoms with van der Waals surface area (Å²) < 4.78 is 45.3. The molecule has 40 heavy (non-hydrogen) atoms. The number of sulfonamides is 1. The van der Waals surface area contributed by atoms with Crippen LogP contribution in [0.25, 0.3) is 11.3 Å². The van der Waals surface area contributed by atoms with Gasteiger partial charge < -0.3 is 19.9 Å². The maximum absolute atomic E-state index is 13.4. The number of methoxy groups -OCH3 is 2. The molecule has 3 N–H and O–H groups in total. The van der Waals surface area contributed by atoms with Crippen LogP contribution >= 0.6 is 0 Å². The summed E-state index contributed by atoms with van der Waals surface area (Å²) in [6, 6.07) is 14.7. The van der Waals surface area contributed by atoms with Crippen LogP contribution in [-0.2, 0) is 10.0 Å². The first-order valence-corrected chi connectivity index (χ1v) is 13.7. The second-order valence-corrected chi connectivity index (χ2v) is 10.9. The molecule has 4 aromatic rings. The molecule has 4 rings (SSSR count). The molecular weight excluding hydrogens is 532 g/mol. The minimum absolute atomic E-state index is 0.00307. The highest BCUT2D eigenvalue weighted by Crippen LogP contribution is 2.40. The first kappa shape index (κ1) is 28.4. The quantitative estimate of drug-likeness (QED) is 0.307. The maximum atomic E-state index is 13.4. The average Bonchev–Trinajstić information content (AvgIpc) is 2.89. The number of nitrogens with one attached hydrogen (secondary N) is 1. The summed E-state index contributed by atoms with van der Waals surface area (Å²) in [6.07, 6.45) is 0. The second-order valence-electron chi connectivity index (χ2n) is 9.26. The van der Waals surface area contributed by atoms with Gasteiger partial charge in [0.15, 0.2) is 5.03 Å². The number of amides is 1. The lowest BCUT2D eigenvalue weighted by Crippen LogP contribution is -2.31. The second kappa shape index (κ2) is 11.2. The summed E-state index contributed by atoms with van der Waals surface area (Å²) in [6.45, 7) is 7.62. The van der Waals surface area contributed by atoms with Gasteiger partial charge >= 0.3 is 0 Å². The van der Waals surface area contributed by atoms with Gasteiger partial charge in [-0.15, -0.1) is 0 Å². The molecule has 0 aliphatic heterocycles. The van der Waals surface area contributed by atoms with Gasteiger partial charge in [0, 0.05) is 0 Å². The zero-order valence-electron chi connectivity index (χ0n) is 23.0. The Morgan fingerprint density at radius 2 is 1.45 bits per heavy atom. The number of nitrogen functional groups attached to an aromatic ring is 1. The Labute approximate surface area is 233 Å². The Balaban J connectivity index is 1.86. The van der Waals surface area contributed by atoms with Crippen molar-refractivity contribution in [1.82, 2.24) is 14.7 Å². The highest BCUT2D eigenvalue weighted by molar-refractivity contribution is 7.90. The third-order valence-electron chi connectivity index (χ3n) is 6.06. The molecule has 0 fully saturated rings. The molecule has 208 valence electrons. The van der Waals surface area contributed by atoms with Gasteiger partial charge in [-0.1, -0.05) is 23.8 Å². The number of hydrogen-bond acceptors (Lipinski definition) is 9. The third-order valence-corrected chi connectivity index (χ3v) is 7.29. The van der Waals surface area contributed by atoms with Crippen molar-refractivity contribution in [1.29, 1.82) is 0 Å². The van der Waals surface area contributed by atoms with Crippen LogP contribution in [0.2, 0.25) is 0 Å². The number of nitrogens with two attached hydrogens (primary N) is 1. The van der Waals surface area contributed by atoms with E-state index in [0.717, 1.165) is 22.3 Å². The Bertz CT molecular complexity index is 1670. The molecule has 0 bridgehead atoms. The number of carbonyl (C=O) groups excluding carboxylic acids is 1. The maximum Gasteiger partial charge on any atom is 0.281 e. The highest BCUT2D eigenvalue weighted by Gasteiger charge is 2.26. The van der Waals surface area contributed by atoms with Gasteiger partial charge in [0.05, 0.1) is 25.5 Å². The molecule has 0 aliphatic carbocycles. The van der Waals surface area contributed by atoms with Crippen molar-refractivity contribution in [3.05, 3.63) is 82.4 Å². The molecule has 10 nitrogen and oxygen atoms in total. The Hall–Kier alpha value is -4.64. The van der Waals surface area contributed by atoms with Crippen LogP contribution in [0.15, 0.2) is 59.6 Å². The lowest BCUT2D eigenvalue weighted by molar-refractivity contribution is 0.0978. The topological polar surface area (TPSA) is 143 Å². The van der Waals surface area contributed by atoms with Crippen molar-refractivity contribution in [3.63, 3.8) is 0 Å². The van der Waals surface area contributed by atoms with Gasteiger partial charge in [-0.3, -0.25) is 4.79 Å². The van der Waals surface area contributed by atoms with Crippen LogP contribution in [0, 0.1) is 27.7 Å². The molecule has 11 heteroatoms. The number of rotatable bonds is 8. The van der Waals surface area contributed by atoms with Gasteiger partial charge in [0.25, 0.3) is 15.9 Å². The summed E-state index contributed by atoms with van der Waals surface area (Å²) in [4.78, 5) is 21.8. The normalized spacial score (nSPS) is 11.2. The fourth-order valence-electron chi connectivity index (χ4n) is 4.36. The van der Waals surface area contributed by atoms with Crippen LogP contribution < -0.4 is 24.7 Å². The number of nitrogens with zero attached hydrogens (tertiary/aromatic N) is 2. The monoisotopic (exact) mass is 562 g/mol. The van der Waals surface area contributed by atoms with E-state index in [9.17, 15) is 13.2 Å². The molecule has 2 heterocycles. The van der Waals surface area contributed by atoms with E-state index in [1.54, 1.807) is 6.07 Å². The van der Waals surface area contributed by atoms with E-state index in [1.165, 1.54) is 38.5 Å². The standard InChI is InChI=1S/C29H30N4O6S/c1-16-12-18(3)27(19(4)13-16)39-29-20(28(34)33-40(35,36)25-9-7-8-24(30)32-25)10-11-21(31-29)26-22(37-5)14-17(2)15-23(26)38-6/h7-15H,1-6H3,(H2,30,32)(H,33,34). The number of aryl methyl sites for hydroxylation is 4. The molecule has 0 atom stereocenters. The highest BCUT2D eigenvalue weighted by atomic mass is 32.2. The van der Waals surface area contributed by atoms with Crippen LogP contribution in [0.4, 0.5) is 5.82 Å². The predicted octanol–water partition coefficient (Wildman–Crippen LogP) is 4.89. The number of hydrogen-bond donors (Lipinski definition) is 2. The molecule has 2 aromatic carbocycles. The van der Waals surface area contributed by atoms with Crippen molar-refractivity contribution in [2.75, 3.05) is 20.0 Å². The van der Waals surface area contributed by atoms with E-state index < -0.39 is 21.0 Å². The number of ether oxygens (including phenoxy) is 3. The molecule has 1 amide bonds. The molecule has 0 spiro atoms.